The molecule has 20 heavy (non-hydrogen) atoms. The first-order valence-electron chi connectivity index (χ1n) is 5.67. The van der Waals surface area contributed by atoms with Crippen molar-refractivity contribution in [3.63, 3.8) is 0 Å². The Balaban J connectivity index is 1.88. The molecule has 0 unspecified atom stereocenters. The molecule has 0 spiro atoms. The summed E-state index contributed by atoms with van der Waals surface area (Å²) in [6, 6.07) is 8.17. The number of anilines is 1. The molecule has 0 radical (unpaired) electrons. The Morgan fingerprint density at radius 3 is 2.90 bits per heavy atom. The van der Waals surface area contributed by atoms with Crippen LogP contribution in [0.15, 0.2) is 50.2 Å². The molecule has 3 aromatic rings. The van der Waals surface area contributed by atoms with Gasteiger partial charge < -0.3 is 9.73 Å². The summed E-state index contributed by atoms with van der Waals surface area (Å²) < 4.78 is 5.74. The van der Waals surface area contributed by atoms with Gasteiger partial charge in [0.1, 0.15) is 5.82 Å². The van der Waals surface area contributed by atoms with Crippen LogP contribution in [-0.2, 0) is 0 Å². The van der Waals surface area contributed by atoms with Crippen LogP contribution in [0.4, 0.5) is 5.82 Å². The second kappa shape index (κ2) is 4.93. The van der Waals surface area contributed by atoms with Crippen molar-refractivity contribution in [2.75, 3.05) is 5.32 Å². The van der Waals surface area contributed by atoms with Gasteiger partial charge in [0.05, 0.1) is 5.52 Å². The number of aromatic amines is 1. The van der Waals surface area contributed by atoms with E-state index in [2.05, 4.69) is 31.2 Å². The summed E-state index contributed by atoms with van der Waals surface area (Å²) in [4.78, 5) is 29.7. The van der Waals surface area contributed by atoms with Crippen LogP contribution in [0.1, 0.15) is 10.4 Å². The van der Waals surface area contributed by atoms with E-state index in [4.69, 9.17) is 4.42 Å². The molecule has 2 aromatic heterocycles. The third kappa shape index (κ3) is 2.48. The maximum atomic E-state index is 12.1. The lowest BCUT2D eigenvalue weighted by Crippen LogP contribution is -2.12. The van der Waals surface area contributed by atoms with Gasteiger partial charge in [0.25, 0.3) is 5.91 Å². The van der Waals surface area contributed by atoms with Crippen LogP contribution >= 0.6 is 15.9 Å². The quantitative estimate of drug-likeness (QED) is 0.754. The third-order valence-corrected chi connectivity index (χ3v) is 3.12. The van der Waals surface area contributed by atoms with Gasteiger partial charge in [0.2, 0.25) is 0 Å². The van der Waals surface area contributed by atoms with Crippen molar-refractivity contribution >= 4 is 38.8 Å². The predicted molar refractivity (Wildman–Crippen MR) is 76.7 cm³/mol. The van der Waals surface area contributed by atoms with E-state index in [0.717, 1.165) is 4.47 Å². The molecule has 7 heteroatoms. The number of oxazole rings is 1. The Labute approximate surface area is 121 Å². The van der Waals surface area contributed by atoms with E-state index in [-0.39, 0.29) is 5.91 Å². The van der Waals surface area contributed by atoms with Gasteiger partial charge in [-0.25, -0.2) is 9.78 Å². The zero-order valence-corrected chi connectivity index (χ0v) is 11.6. The first-order chi connectivity index (χ1) is 9.61. The summed E-state index contributed by atoms with van der Waals surface area (Å²) in [6.45, 7) is 0. The summed E-state index contributed by atoms with van der Waals surface area (Å²) >= 11 is 3.27. The number of hydrogen-bond acceptors (Lipinski definition) is 4. The molecule has 6 nitrogen and oxygen atoms in total. The maximum Gasteiger partial charge on any atom is 0.417 e. The van der Waals surface area contributed by atoms with Crippen molar-refractivity contribution in [2.45, 2.75) is 0 Å². The van der Waals surface area contributed by atoms with Crippen LogP contribution in [0.5, 0.6) is 0 Å². The summed E-state index contributed by atoms with van der Waals surface area (Å²) in [5, 5.41) is 2.66. The Bertz CT molecular complexity index is 836. The van der Waals surface area contributed by atoms with E-state index in [0.29, 0.717) is 22.5 Å². The third-order valence-electron chi connectivity index (χ3n) is 2.65. The van der Waals surface area contributed by atoms with Gasteiger partial charge in [-0.3, -0.25) is 9.78 Å². The number of fused-ring (bicyclic) bond motifs is 1. The van der Waals surface area contributed by atoms with E-state index in [1.807, 2.05) is 0 Å². The molecule has 2 N–H and O–H groups in total. The van der Waals surface area contributed by atoms with Crippen LogP contribution in [0.2, 0.25) is 0 Å². The molecular formula is C13H8BrN3O3. The van der Waals surface area contributed by atoms with Crippen molar-refractivity contribution < 1.29 is 9.21 Å². The van der Waals surface area contributed by atoms with Gasteiger partial charge in [-0.1, -0.05) is 0 Å². The highest BCUT2D eigenvalue weighted by Gasteiger charge is 2.09. The molecule has 1 aromatic carbocycles. The molecule has 0 aliphatic heterocycles. The minimum absolute atomic E-state index is 0.328. The van der Waals surface area contributed by atoms with E-state index < -0.39 is 5.76 Å². The van der Waals surface area contributed by atoms with Crippen molar-refractivity contribution in [3.05, 3.63) is 57.1 Å². The number of carbonyl (C=O) groups is 1. The summed E-state index contributed by atoms with van der Waals surface area (Å²) in [5.41, 5.74) is 1.27. The first kappa shape index (κ1) is 12.6. The molecular weight excluding hydrogens is 326 g/mol. The summed E-state index contributed by atoms with van der Waals surface area (Å²) in [5.74, 6) is -0.438. The Kier molecular flexibility index (Phi) is 3.11. The zero-order valence-electron chi connectivity index (χ0n) is 10.0. The van der Waals surface area contributed by atoms with Crippen LogP contribution in [0.25, 0.3) is 11.1 Å². The minimum Gasteiger partial charge on any atom is -0.408 e. The number of nitrogens with zero attached hydrogens (tertiary/aromatic N) is 1. The number of H-pyrrole nitrogens is 1. The monoisotopic (exact) mass is 333 g/mol. The van der Waals surface area contributed by atoms with Gasteiger partial charge in [-0.05, 0) is 46.3 Å². The lowest BCUT2D eigenvalue weighted by Gasteiger charge is -2.04. The highest BCUT2D eigenvalue weighted by Crippen LogP contribution is 2.15. The Hall–Kier alpha value is -2.41. The molecule has 0 saturated carbocycles. The number of carbonyl (C=O) groups excluding carboxylic acids is 1. The number of benzene rings is 1. The van der Waals surface area contributed by atoms with E-state index in [1.165, 1.54) is 6.07 Å². The lowest BCUT2D eigenvalue weighted by molar-refractivity contribution is 0.102. The van der Waals surface area contributed by atoms with Crippen molar-refractivity contribution in [2.24, 2.45) is 0 Å². The molecule has 0 bridgehead atoms. The van der Waals surface area contributed by atoms with Crippen LogP contribution in [0.3, 0.4) is 0 Å². The smallest absolute Gasteiger partial charge is 0.408 e. The Morgan fingerprint density at radius 2 is 2.15 bits per heavy atom. The van der Waals surface area contributed by atoms with Crippen molar-refractivity contribution in [3.8, 4) is 0 Å². The fraction of sp³-hybridized carbons (Fsp3) is 0. The molecule has 3 rings (SSSR count). The Morgan fingerprint density at radius 1 is 1.30 bits per heavy atom. The number of halogens is 1. The largest absolute Gasteiger partial charge is 0.417 e. The number of amides is 1. The predicted octanol–water partition coefficient (Wildman–Crippen LogP) is 2.53. The number of aromatic nitrogens is 2. The number of rotatable bonds is 2. The second-order valence-electron chi connectivity index (χ2n) is 4.04. The van der Waals surface area contributed by atoms with Crippen LogP contribution in [-0.4, -0.2) is 15.9 Å². The normalized spacial score (nSPS) is 10.7. The first-order valence-corrected chi connectivity index (χ1v) is 6.47. The molecule has 0 atom stereocenters. The molecule has 2 heterocycles. The second-order valence-corrected chi connectivity index (χ2v) is 4.96. The highest BCUT2D eigenvalue weighted by atomic mass is 79.9. The zero-order chi connectivity index (χ0) is 14.1. The molecule has 0 aliphatic carbocycles. The molecule has 0 fully saturated rings. The van der Waals surface area contributed by atoms with Gasteiger partial charge in [0, 0.05) is 16.2 Å². The minimum atomic E-state index is -0.549. The SMILES string of the molecule is O=C(Nc1ccc(Br)cn1)c1ccc2[nH]c(=O)oc2c1. The fourth-order valence-corrected chi connectivity index (χ4v) is 1.96. The van der Waals surface area contributed by atoms with Crippen molar-refractivity contribution in [1.29, 1.82) is 0 Å². The lowest BCUT2D eigenvalue weighted by atomic mass is 10.2. The maximum absolute atomic E-state index is 12.1. The fourth-order valence-electron chi connectivity index (χ4n) is 1.72. The van der Waals surface area contributed by atoms with Gasteiger partial charge in [0.15, 0.2) is 5.58 Å². The van der Waals surface area contributed by atoms with Gasteiger partial charge >= 0.3 is 5.76 Å². The average molecular weight is 334 g/mol. The summed E-state index contributed by atoms with van der Waals surface area (Å²) in [7, 11) is 0. The molecule has 0 saturated heterocycles. The molecule has 1 amide bonds. The topological polar surface area (TPSA) is 88.0 Å². The highest BCUT2D eigenvalue weighted by molar-refractivity contribution is 9.10. The molecule has 0 aliphatic rings. The van der Waals surface area contributed by atoms with Crippen LogP contribution < -0.4 is 11.1 Å². The number of nitrogens with one attached hydrogen (secondary N) is 2. The van der Waals surface area contributed by atoms with E-state index in [9.17, 15) is 9.59 Å². The van der Waals surface area contributed by atoms with E-state index in [1.54, 1.807) is 30.5 Å². The van der Waals surface area contributed by atoms with Crippen LogP contribution in [0, 0.1) is 0 Å². The molecule has 100 valence electrons. The average Bonchev–Trinajstić information content (AvgIpc) is 2.80. The van der Waals surface area contributed by atoms with Crippen molar-refractivity contribution in [1.82, 2.24) is 9.97 Å². The number of hydrogen-bond donors (Lipinski definition) is 2. The van der Waals surface area contributed by atoms with E-state index >= 15 is 0 Å². The summed E-state index contributed by atoms with van der Waals surface area (Å²) in [6.07, 6.45) is 1.59. The van der Waals surface area contributed by atoms with Gasteiger partial charge in [-0.2, -0.15) is 0 Å². The van der Waals surface area contributed by atoms with Gasteiger partial charge in [-0.15, -0.1) is 0 Å². The number of pyridine rings is 1. The standard InChI is InChI=1S/C13H8BrN3O3/c14-8-2-4-11(15-6-8)17-12(18)7-1-3-9-10(5-7)20-13(19)16-9/h1-6H,(H,16,19)(H,15,17,18).